The summed E-state index contributed by atoms with van der Waals surface area (Å²) in [6.07, 6.45) is -4.71. The lowest BCUT2D eigenvalue weighted by molar-refractivity contribution is -0.0876. The van der Waals surface area contributed by atoms with Crippen molar-refractivity contribution < 1.29 is 17.9 Å². The van der Waals surface area contributed by atoms with Crippen LogP contribution in [0.25, 0.3) is 0 Å². The first-order valence-corrected chi connectivity index (χ1v) is 7.20. The number of ether oxygens (including phenoxy) is 1. The lowest BCUT2D eigenvalue weighted by Crippen LogP contribution is -2.19. The van der Waals surface area contributed by atoms with Gasteiger partial charge in [-0.05, 0) is 24.3 Å². The highest BCUT2D eigenvalue weighted by Crippen LogP contribution is 2.38. The minimum atomic E-state index is -4.71. The fraction of sp³-hybridized carbons (Fsp3) is 0.400. The maximum Gasteiger partial charge on any atom is 0.428 e. The third-order valence-electron chi connectivity index (χ3n) is 2.38. The summed E-state index contributed by atoms with van der Waals surface area (Å²) in [5.41, 5.74) is -0.784. The normalized spacial score (nSPS) is 13.2. The molecule has 3 nitrogen and oxygen atoms in total. The smallest absolute Gasteiger partial charge is 0.428 e. The Hall–Kier alpha value is -1.81. The van der Waals surface area contributed by atoms with Crippen LogP contribution in [0.15, 0.2) is 34.9 Å². The number of halogens is 3. The molecule has 1 aromatic carbocycles. The Morgan fingerprint density at radius 2 is 1.73 bits per heavy atom. The van der Waals surface area contributed by atoms with Crippen LogP contribution in [0.1, 0.15) is 20.8 Å². The van der Waals surface area contributed by atoms with Crippen molar-refractivity contribution >= 4 is 17.4 Å². The van der Waals surface area contributed by atoms with Gasteiger partial charge in [-0.25, -0.2) is 0 Å². The number of thioether (sulfide) groups is 1. The van der Waals surface area contributed by atoms with Gasteiger partial charge >= 0.3 is 6.18 Å². The van der Waals surface area contributed by atoms with Crippen molar-refractivity contribution in [3.05, 3.63) is 34.9 Å². The molecular weight excluding hydrogens is 313 g/mol. The van der Waals surface area contributed by atoms with Gasteiger partial charge < -0.3 is 10.1 Å². The van der Waals surface area contributed by atoms with Gasteiger partial charge in [-0.3, -0.25) is 0 Å². The molecule has 0 aromatic heterocycles. The first-order valence-electron chi connectivity index (χ1n) is 6.38. The number of benzene rings is 1. The molecule has 0 bridgehead atoms. The molecule has 1 N–H and O–H groups in total. The van der Waals surface area contributed by atoms with Gasteiger partial charge in [0.25, 0.3) is 0 Å². The van der Waals surface area contributed by atoms with Gasteiger partial charge in [-0.2, -0.15) is 18.4 Å². The third-order valence-corrected chi connectivity index (χ3v) is 3.50. The number of nitrogens with one attached hydrogen (secondary N) is 1. The maximum atomic E-state index is 13.0. The quantitative estimate of drug-likeness (QED) is 0.795. The molecule has 0 aliphatic rings. The molecule has 120 valence electrons. The Morgan fingerprint density at radius 3 is 2.09 bits per heavy atom. The van der Waals surface area contributed by atoms with Crippen molar-refractivity contribution in [1.29, 1.82) is 5.26 Å². The standard InChI is InChI=1S/C15H17F3N2OS/c1-14(2,3)22-13(12(9-19)15(16,17)18)20-10-5-7-11(21-4)8-6-10/h5-8,20H,1-4H3/b13-12+. The predicted molar refractivity (Wildman–Crippen MR) is 82.7 cm³/mol. The summed E-state index contributed by atoms with van der Waals surface area (Å²) in [7, 11) is 1.50. The number of hydrogen-bond donors (Lipinski definition) is 1. The summed E-state index contributed by atoms with van der Waals surface area (Å²) in [5, 5.41) is 11.4. The van der Waals surface area contributed by atoms with Crippen molar-refractivity contribution in [1.82, 2.24) is 0 Å². The van der Waals surface area contributed by atoms with Crippen LogP contribution in [0.3, 0.4) is 0 Å². The zero-order chi connectivity index (χ0) is 17.0. The number of nitrogens with zero attached hydrogens (tertiary/aromatic N) is 1. The zero-order valence-electron chi connectivity index (χ0n) is 12.7. The largest absolute Gasteiger partial charge is 0.497 e. The van der Waals surface area contributed by atoms with E-state index < -0.39 is 16.5 Å². The lowest BCUT2D eigenvalue weighted by Gasteiger charge is -2.23. The summed E-state index contributed by atoms with van der Waals surface area (Å²) >= 11 is 0.961. The second-order valence-electron chi connectivity index (χ2n) is 5.38. The van der Waals surface area contributed by atoms with Crippen LogP contribution in [0, 0.1) is 11.3 Å². The molecule has 0 atom stereocenters. The van der Waals surface area contributed by atoms with Gasteiger partial charge in [-0.1, -0.05) is 20.8 Å². The number of rotatable bonds is 4. The molecule has 0 radical (unpaired) electrons. The van der Waals surface area contributed by atoms with E-state index in [1.807, 2.05) is 0 Å². The molecule has 1 aromatic rings. The van der Waals surface area contributed by atoms with Crippen LogP contribution in [-0.2, 0) is 0 Å². The van der Waals surface area contributed by atoms with E-state index in [4.69, 9.17) is 10.00 Å². The Kier molecular flexibility index (Phi) is 5.78. The molecule has 7 heteroatoms. The molecule has 0 spiro atoms. The molecule has 0 heterocycles. The second kappa shape index (κ2) is 6.97. The Labute approximate surface area is 132 Å². The predicted octanol–water partition coefficient (Wildman–Crippen LogP) is 4.94. The van der Waals surface area contributed by atoms with Gasteiger partial charge in [0.2, 0.25) is 0 Å². The molecule has 1 rings (SSSR count). The Bertz CT molecular complexity index is 581. The van der Waals surface area contributed by atoms with E-state index in [0.717, 1.165) is 11.8 Å². The summed E-state index contributed by atoms with van der Waals surface area (Å²) in [5.74, 6) is 0.593. The van der Waals surface area contributed by atoms with Crippen molar-refractivity contribution in [2.75, 3.05) is 12.4 Å². The molecule has 0 saturated carbocycles. The average Bonchev–Trinajstić information content (AvgIpc) is 2.36. The van der Waals surface area contributed by atoms with Crippen LogP contribution in [0.4, 0.5) is 18.9 Å². The molecule has 0 saturated heterocycles. The van der Waals surface area contributed by atoms with Crippen molar-refractivity contribution in [3.63, 3.8) is 0 Å². The number of nitriles is 1. The minimum absolute atomic E-state index is 0.215. The fourth-order valence-corrected chi connectivity index (χ4v) is 2.54. The van der Waals surface area contributed by atoms with Gasteiger partial charge in [0.15, 0.2) is 5.57 Å². The zero-order valence-corrected chi connectivity index (χ0v) is 13.5. The van der Waals surface area contributed by atoms with Crippen molar-refractivity contribution in [3.8, 4) is 11.8 Å². The minimum Gasteiger partial charge on any atom is -0.497 e. The fourth-order valence-electron chi connectivity index (χ4n) is 1.49. The van der Waals surface area contributed by atoms with E-state index in [2.05, 4.69) is 5.32 Å². The second-order valence-corrected chi connectivity index (χ2v) is 7.22. The van der Waals surface area contributed by atoms with Crippen molar-refractivity contribution in [2.45, 2.75) is 31.7 Å². The lowest BCUT2D eigenvalue weighted by atomic mass is 10.2. The number of hydrogen-bond acceptors (Lipinski definition) is 4. The molecule has 0 aliphatic carbocycles. The number of allylic oxidation sites excluding steroid dienone is 1. The van der Waals surface area contributed by atoms with Crippen LogP contribution in [-0.4, -0.2) is 18.0 Å². The highest BCUT2D eigenvalue weighted by atomic mass is 32.2. The summed E-state index contributed by atoms with van der Waals surface area (Å²) in [4.78, 5) is 0. The van der Waals surface area contributed by atoms with Gasteiger partial charge in [0, 0.05) is 10.4 Å². The van der Waals surface area contributed by atoms with Gasteiger partial charge in [0.05, 0.1) is 12.1 Å². The summed E-state index contributed by atoms with van der Waals surface area (Å²) in [6.45, 7) is 5.33. The van der Waals surface area contributed by atoms with Gasteiger partial charge in [0.1, 0.15) is 11.8 Å². The first kappa shape index (κ1) is 18.2. The maximum absolute atomic E-state index is 13.0. The Balaban J connectivity index is 3.21. The van der Waals surface area contributed by atoms with Gasteiger partial charge in [-0.15, -0.1) is 11.8 Å². The van der Waals surface area contributed by atoms with E-state index in [9.17, 15) is 13.2 Å². The van der Waals surface area contributed by atoms with Crippen LogP contribution < -0.4 is 10.1 Å². The van der Waals surface area contributed by atoms with E-state index in [0.29, 0.717) is 11.4 Å². The van der Waals surface area contributed by atoms with E-state index >= 15 is 0 Å². The highest BCUT2D eigenvalue weighted by molar-refractivity contribution is 8.04. The number of alkyl halides is 3. The molecule has 0 aliphatic heterocycles. The highest BCUT2D eigenvalue weighted by Gasteiger charge is 2.38. The Morgan fingerprint density at radius 1 is 1.18 bits per heavy atom. The van der Waals surface area contributed by atoms with Crippen LogP contribution >= 0.6 is 11.8 Å². The van der Waals surface area contributed by atoms with Crippen molar-refractivity contribution in [2.24, 2.45) is 0 Å². The number of methoxy groups -OCH3 is 1. The molecule has 0 unspecified atom stereocenters. The van der Waals surface area contributed by atoms with E-state index in [-0.39, 0.29) is 5.03 Å². The van der Waals surface area contributed by atoms with Crippen LogP contribution in [0.5, 0.6) is 5.75 Å². The summed E-state index contributed by atoms with van der Waals surface area (Å²) in [6, 6.07) is 7.69. The number of anilines is 1. The SMILES string of the molecule is COc1ccc(N/C(SC(C)(C)C)=C(/C#N)C(F)(F)F)cc1. The first-order chi connectivity index (χ1) is 10.1. The third kappa shape index (κ3) is 5.53. The van der Waals surface area contributed by atoms with E-state index in [1.54, 1.807) is 45.0 Å². The molecule has 0 amide bonds. The topological polar surface area (TPSA) is 45.0 Å². The molecule has 22 heavy (non-hydrogen) atoms. The average molecular weight is 330 g/mol. The summed E-state index contributed by atoms with van der Waals surface area (Å²) < 4.78 is 43.6. The monoisotopic (exact) mass is 330 g/mol. The van der Waals surface area contributed by atoms with E-state index in [1.165, 1.54) is 13.2 Å². The molecule has 0 fully saturated rings. The van der Waals surface area contributed by atoms with Crippen LogP contribution in [0.2, 0.25) is 0 Å². The molecular formula is C15H17F3N2OS.